The summed E-state index contributed by atoms with van der Waals surface area (Å²) in [5, 5.41) is 10.1. The van der Waals surface area contributed by atoms with Gasteiger partial charge in [-0.15, -0.1) is 0 Å². The third kappa shape index (κ3) is 2.86. The SMILES string of the molecule is Cc1ccc(C(=O)N2CCC[C@@](O)(C(N)=O)C2)cc1Br. The number of β-amino-alcohol motifs (C(OH)–C–C–N with tert-alkyl or cyclic N) is 1. The molecule has 0 aromatic heterocycles. The van der Waals surface area contributed by atoms with Gasteiger partial charge in [0.15, 0.2) is 5.60 Å². The van der Waals surface area contributed by atoms with Crippen LogP contribution in [0.5, 0.6) is 0 Å². The van der Waals surface area contributed by atoms with Gasteiger partial charge in [0.25, 0.3) is 11.8 Å². The van der Waals surface area contributed by atoms with Crippen molar-refractivity contribution < 1.29 is 14.7 Å². The Bertz CT molecular complexity index is 561. The molecule has 0 saturated carbocycles. The smallest absolute Gasteiger partial charge is 0.254 e. The Balaban J connectivity index is 2.20. The highest BCUT2D eigenvalue weighted by molar-refractivity contribution is 9.10. The van der Waals surface area contributed by atoms with E-state index in [1.807, 2.05) is 13.0 Å². The van der Waals surface area contributed by atoms with Gasteiger partial charge in [0, 0.05) is 16.6 Å². The van der Waals surface area contributed by atoms with Gasteiger partial charge in [-0.05, 0) is 37.5 Å². The van der Waals surface area contributed by atoms with Gasteiger partial charge in [-0.1, -0.05) is 22.0 Å². The molecule has 1 aromatic carbocycles. The summed E-state index contributed by atoms with van der Waals surface area (Å²) < 4.78 is 0.852. The second-order valence-corrected chi connectivity index (χ2v) is 6.04. The van der Waals surface area contributed by atoms with Crippen molar-refractivity contribution in [3.8, 4) is 0 Å². The number of aliphatic hydroxyl groups is 1. The van der Waals surface area contributed by atoms with E-state index < -0.39 is 11.5 Å². The third-order valence-corrected chi connectivity index (χ3v) is 4.49. The second kappa shape index (κ2) is 5.54. The number of halogens is 1. The van der Waals surface area contributed by atoms with Crippen molar-refractivity contribution in [3.63, 3.8) is 0 Å². The number of likely N-dealkylation sites (tertiary alicyclic amines) is 1. The maximum absolute atomic E-state index is 12.4. The van der Waals surface area contributed by atoms with E-state index in [0.29, 0.717) is 24.9 Å². The zero-order valence-corrected chi connectivity index (χ0v) is 12.8. The molecular formula is C14H17BrN2O3. The fourth-order valence-corrected chi connectivity index (χ4v) is 2.70. The molecule has 2 rings (SSSR count). The van der Waals surface area contributed by atoms with Gasteiger partial charge in [-0.2, -0.15) is 0 Å². The van der Waals surface area contributed by atoms with E-state index in [2.05, 4.69) is 15.9 Å². The lowest BCUT2D eigenvalue weighted by molar-refractivity contribution is -0.140. The highest BCUT2D eigenvalue weighted by Gasteiger charge is 2.40. The first-order valence-corrected chi connectivity index (χ1v) is 7.20. The molecule has 0 unspecified atom stereocenters. The van der Waals surface area contributed by atoms with Crippen molar-refractivity contribution in [2.24, 2.45) is 5.73 Å². The molecule has 1 fully saturated rings. The monoisotopic (exact) mass is 340 g/mol. The number of nitrogens with zero attached hydrogens (tertiary/aromatic N) is 1. The molecule has 1 heterocycles. The molecular weight excluding hydrogens is 324 g/mol. The first-order chi connectivity index (χ1) is 9.33. The summed E-state index contributed by atoms with van der Waals surface area (Å²) >= 11 is 3.39. The molecule has 0 radical (unpaired) electrons. The molecule has 1 aliphatic heterocycles. The lowest BCUT2D eigenvalue weighted by atomic mass is 9.92. The molecule has 1 atom stereocenters. The molecule has 2 amide bonds. The summed E-state index contributed by atoms with van der Waals surface area (Å²) in [7, 11) is 0. The molecule has 1 aromatic rings. The van der Waals surface area contributed by atoms with E-state index in [9.17, 15) is 14.7 Å². The van der Waals surface area contributed by atoms with Gasteiger partial charge < -0.3 is 15.7 Å². The standard InChI is InChI=1S/C14H17BrN2O3/c1-9-3-4-10(7-11(9)15)12(18)17-6-2-5-14(20,8-17)13(16)19/h3-4,7,20H,2,5-6,8H2,1H3,(H2,16,19)/t14-/m0/s1. The molecule has 0 aliphatic carbocycles. The van der Waals surface area contributed by atoms with Crippen LogP contribution in [0, 0.1) is 6.92 Å². The normalized spacial score (nSPS) is 22.6. The van der Waals surface area contributed by atoms with Crippen molar-refractivity contribution in [1.29, 1.82) is 0 Å². The van der Waals surface area contributed by atoms with Gasteiger partial charge in [-0.3, -0.25) is 9.59 Å². The van der Waals surface area contributed by atoms with Gasteiger partial charge in [0.1, 0.15) is 0 Å². The molecule has 1 saturated heterocycles. The van der Waals surface area contributed by atoms with E-state index >= 15 is 0 Å². The summed E-state index contributed by atoms with van der Waals surface area (Å²) in [6, 6.07) is 5.33. The summed E-state index contributed by atoms with van der Waals surface area (Å²) in [4.78, 5) is 25.2. The van der Waals surface area contributed by atoms with Crippen LogP contribution in [-0.4, -0.2) is 40.5 Å². The number of carbonyl (C=O) groups excluding carboxylic acids is 2. The van der Waals surface area contributed by atoms with Crippen LogP contribution in [0.25, 0.3) is 0 Å². The zero-order valence-electron chi connectivity index (χ0n) is 11.2. The lowest BCUT2D eigenvalue weighted by Crippen LogP contribution is -2.57. The van der Waals surface area contributed by atoms with Crippen LogP contribution in [0.3, 0.4) is 0 Å². The van der Waals surface area contributed by atoms with Crippen LogP contribution in [0.4, 0.5) is 0 Å². The first kappa shape index (κ1) is 15.0. The number of hydrogen-bond donors (Lipinski definition) is 2. The van der Waals surface area contributed by atoms with Crippen LogP contribution >= 0.6 is 15.9 Å². The predicted molar refractivity (Wildman–Crippen MR) is 78.2 cm³/mol. The maximum Gasteiger partial charge on any atom is 0.254 e. The number of nitrogens with two attached hydrogens (primary N) is 1. The van der Waals surface area contributed by atoms with E-state index in [0.717, 1.165) is 10.0 Å². The van der Waals surface area contributed by atoms with Crippen LogP contribution in [-0.2, 0) is 4.79 Å². The number of piperidine rings is 1. The average Bonchev–Trinajstić information content (AvgIpc) is 2.41. The minimum Gasteiger partial charge on any atom is -0.378 e. The largest absolute Gasteiger partial charge is 0.378 e. The molecule has 20 heavy (non-hydrogen) atoms. The van der Waals surface area contributed by atoms with Gasteiger partial charge in [0.2, 0.25) is 0 Å². The molecule has 108 valence electrons. The van der Waals surface area contributed by atoms with Gasteiger partial charge in [-0.25, -0.2) is 0 Å². The van der Waals surface area contributed by atoms with E-state index in [4.69, 9.17) is 5.73 Å². The fraction of sp³-hybridized carbons (Fsp3) is 0.429. The van der Waals surface area contributed by atoms with Crippen molar-refractivity contribution >= 4 is 27.7 Å². The fourth-order valence-electron chi connectivity index (χ4n) is 2.32. The molecule has 5 nitrogen and oxygen atoms in total. The van der Waals surface area contributed by atoms with Crippen molar-refractivity contribution in [1.82, 2.24) is 4.90 Å². The Morgan fingerprint density at radius 3 is 2.75 bits per heavy atom. The molecule has 1 aliphatic rings. The summed E-state index contributed by atoms with van der Waals surface area (Å²) in [6.07, 6.45) is 0.849. The molecule has 3 N–H and O–H groups in total. The minimum atomic E-state index is -1.62. The van der Waals surface area contributed by atoms with Crippen LogP contribution in [0.2, 0.25) is 0 Å². The number of rotatable bonds is 2. The van der Waals surface area contributed by atoms with E-state index in [-0.39, 0.29) is 12.5 Å². The topological polar surface area (TPSA) is 83.6 Å². The Labute approximate surface area is 125 Å². The number of aryl methyl sites for hydroxylation is 1. The zero-order chi connectivity index (χ0) is 14.9. The van der Waals surface area contributed by atoms with E-state index in [1.165, 1.54) is 4.90 Å². The number of carbonyl (C=O) groups is 2. The van der Waals surface area contributed by atoms with Crippen LogP contribution in [0.15, 0.2) is 22.7 Å². The summed E-state index contributed by atoms with van der Waals surface area (Å²) in [6.45, 7) is 2.40. The highest BCUT2D eigenvalue weighted by Crippen LogP contribution is 2.24. The van der Waals surface area contributed by atoms with Crippen molar-refractivity contribution in [2.45, 2.75) is 25.4 Å². The molecule has 0 spiro atoms. The molecule has 0 bridgehead atoms. The summed E-state index contributed by atoms with van der Waals surface area (Å²) in [5.74, 6) is -0.981. The number of hydrogen-bond acceptors (Lipinski definition) is 3. The van der Waals surface area contributed by atoms with E-state index in [1.54, 1.807) is 12.1 Å². The minimum absolute atomic E-state index is 0.0489. The third-order valence-electron chi connectivity index (χ3n) is 3.64. The number of benzene rings is 1. The first-order valence-electron chi connectivity index (χ1n) is 6.41. The number of primary amides is 1. The van der Waals surface area contributed by atoms with Crippen LogP contribution < -0.4 is 5.73 Å². The predicted octanol–water partition coefficient (Wildman–Crippen LogP) is 1.21. The number of amides is 2. The Kier molecular flexibility index (Phi) is 4.15. The van der Waals surface area contributed by atoms with Gasteiger partial charge in [0.05, 0.1) is 6.54 Å². The van der Waals surface area contributed by atoms with Crippen molar-refractivity contribution in [2.75, 3.05) is 13.1 Å². The Hall–Kier alpha value is -1.40. The van der Waals surface area contributed by atoms with Gasteiger partial charge >= 0.3 is 0 Å². The lowest BCUT2D eigenvalue weighted by Gasteiger charge is -2.37. The quantitative estimate of drug-likeness (QED) is 0.848. The average molecular weight is 341 g/mol. The van der Waals surface area contributed by atoms with Crippen molar-refractivity contribution in [3.05, 3.63) is 33.8 Å². The second-order valence-electron chi connectivity index (χ2n) is 5.19. The Morgan fingerprint density at radius 2 is 2.15 bits per heavy atom. The summed E-state index contributed by atoms with van der Waals surface area (Å²) in [5.41, 5.74) is 5.16. The highest BCUT2D eigenvalue weighted by atomic mass is 79.9. The molecule has 6 heteroatoms. The van der Waals surface area contributed by atoms with Crippen LogP contribution in [0.1, 0.15) is 28.8 Å². The maximum atomic E-state index is 12.4. The Morgan fingerprint density at radius 1 is 1.45 bits per heavy atom.